The van der Waals surface area contributed by atoms with Gasteiger partial charge in [-0.05, 0) is 26.0 Å². The highest BCUT2D eigenvalue weighted by Gasteiger charge is 2.10. The van der Waals surface area contributed by atoms with E-state index in [0.717, 1.165) is 0 Å². The van der Waals surface area contributed by atoms with Gasteiger partial charge in [0.2, 0.25) is 0 Å². The minimum absolute atomic E-state index is 0.0544. The first kappa shape index (κ1) is 13.3. The van der Waals surface area contributed by atoms with Crippen LogP contribution in [0.15, 0.2) is 18.2 Å². The number of carbonyl (C=O) groups is 1. The second-order valence-corrected chi connectivity index (χ2v) is 3.64. The summed E-state index contributed by atoms with van der Waals surface area (Å²) in [6.45, 7) is 3.28. The van der Waals surface area contributed by atoms with Crippen molar-refractivity contribution in [3.63, 3.8) is 0 Å². The summed E-state index contributed by atoms with van der Waals surface area (Å²) in [5, 5.41) is 8.93. The first-order valence-corrected chi connectivity index (χ1v) is 5.11. The molecule has 5 N–H and O–H groups in total. The molecule has 6 heteroatoms. The quantitative estimate of drug-likeness (QED) is 0.655. The van der Waals surface area contributed by atoms with Crippen molar-refractivity contribution in [3.8, 4) is 11.5 Å². The Morgan fingerprint density at radius 1 is 1.12 bits per heavy atom. The van der Waals surface area contributed by atoms with Crippen molar-refractivity contribution in [2.45, 2.75) is 26.3 Å². The number of carboxylic acids is 1. The van der Waals surface area contributed by atoms with Gasteiger partial charge in [-0.25, -0.2) is 4.79 Å². The molecular formula is C11H16N2O4. The van der Waals surface area contributed by atoms with E-state index >= 15 is 0 Å². The van der Waals surface area contributed by atoms with E-state index in [2.05, 4.69) is 0 Å². The third kappa shape index (κ3) is 4.29. The van der Waals surface area contributed by atoms with Crippen LogP contribution >= 0.6 is 0 Å². The van der Waals surface area contributed by atoms with Crippen LogP contribution in [0.1, 0.15) is 24.2 Å². The molecule has 0 radical (unpaired) electrons. The van der Waals surface area contributed by atoms with E-state index in [0.29, 0.717) is 11.5 Å². The Labute approximate surface area is 99.1 Å². The molecule has 0 saturated heterocycles. The molecule has 0 heterocycles. The average molecular weight is 240 g/mol. The van der Waals surface area contributed by atoms with E-state index in [1.165, 1.54) is 12.1 Å². The molecule has 1 aromatic rings. The summed E-state index contributed by atoms with van der Waals surface area (Å²) < 4.78 is 10.4. The van der Waals surface area contributed by atoms with Gasteiger partial charge < -0.3 is 14.6 Å². The van der Waals surface area contributed by atoms with E-state index in [4.69, 9.17) is 26.0 Å². The van der Waals surface area contributed by atoms with Gasteiger partial charge in [0, 0.05) is 6.07 Å². The third-order valence-corrected chi connectivity index (χ3v) is 1.77. The maximum atomic E-state index is 10.9. The Morgan fingerprint density at radius 2 is 1.53 bits per heavy atom. The highest BCUT2D eigenvalue weighted by molar-refractivity contribution is 5.88. The van der Waals surface area contributed by atoms with Crippen molar-refractivity contribution < 1.29 is 19.4 Å². The highest BCUT2D eigenvalue weighted by Crippen LogP contribution is 2.24. The summed E-state index contributed by atoms with van der Waals surface area (Å²) >= 11 is 0. The van der Waals surface area contributed by atoms with Gasteiger partial charge in [-0.2, -0.15) is 0 Å². The number of hydrogen-bond acceptors (Lipinski definition) is 5. The Kier molecular flexibility index (Phi) is 4.30. The molecule has 17 heavy (non-hydrogen) atoms. The first-order chi connectivity index (χ1) is 7.88. The Morgan fingerprint density at radius 3 is 1.82 bits per heavy atom. The van der Waals surface area contributed by atoms with Gasteiger partial charge >= 0.3 is 5.97 Å². The minimum atomic E-state index is -1.07. The van der Waals surface area contributed by atoms with Crippen LogP contribution in [0.25, 0.3) is 0 Å². The smallest absolute Gasteiger partial charge is 0.335 e. The summed E-state index contributed by atoms with van der Waals surface area (Å²) in [6, 6.07) is 4.29. The van der Waals surface area contributed by atoms with Crippen LogP contribution in [-0.4, -0.2) is 23.5 Å². The summed E-state index contributed by atoms with van der Waals surface area (Å²) in [5.74, 6) is -0.416. The number of rotatable bonds is 5. The zero-order chi connectivity index (χ0) is 13.0. The van der Waals surface area contributed by atoms with Crippen LogP contribution in [-0.2, 0) is 0 Å². The number of ether oxygens (including phenoxy) is 2. The van der Waals surface area contributed by atoms with E-state index in [1.54, 1.807) is 19.9 Å². The summed E-state index contributed by atoms with van der Waals surface area (Å²) in [6.07, 6.45) is -1.08. The van der Waals surface area contributed by atoms with Crippen molar-refractivity contribution in [2.75, 3.05) is 0 Å². The second kappa shape index (κ2) is 5.51. The van der Waals surface area contributed by atoms with E-state index < -0.39 is 18.4 Å². The molecule has 0 aliphatic carbocycles. The Bertz CT molecular complexity index is 376. The number of nitrogens with two attached hydrogens (primary N) is 2. The summed E-state index contributed by atoms with van der Waals surface area (Å²) in [7, 11) is 0. The topological polar surface area (TPSA) is 108 Å². The molecule has 2 atom stereocenters. The predicted octanol–water partition coefficient (Wildman–Crippen LogP) is 0.752. The highest BCUT2D eigenvalue weighted by atomic mass is 16.5. The van der Waals surface area contributed by atoms with Crippen LogP contribution in [0, 0.1) is 0 Å². The SMILES string of the molecule is CC(N)Oc1cc(OC(C)N)cc(C(=O)O)c1. The number of benzene rings is 1. The fraction of sp³-hybridized carbons (Fsp3) is 0.364. The molecule has 0 fully saturated rings. The maximum absolute atomic E-state index is 10.9. The molecule has 0 saturated carbocycles. The van der Waals surface area contributed by atoms with Crippen molar-refractivity contribution in [1.29, 1.82) is 0 Å². The van der Waals surface area contributed by atoms with E-state index in [1.807, 2.05) is 0 Å². The molecule has 0 aliphatic heterocycles. The average Bonchev–Trinajstić information content (AvgIpc) is 2.14. The zero-order valence-electron chi connectivity index (χ0n) is 9.71. The molecule has 0 aliphatic rings. The second-order valence-electron chi connectivity index (χ2n) is 3.64. The van der Waals surface area contributed by atoms with Gasteiger partial charge in [-0.1, -0.05) is 0 Å². The van der Waals surface area contributed by atoms with Crippen LogP contribution in [0.5, 0.6) is 11.5 Å². The normalized spacial score (nSPS) is 13.9. The molecule has 0 amide bonds. The molecular weight excluding hydrogens is 224 g/mol. The van der Waals surface area contributed by atoms with Crippen molar-refractivity contribution >= 4 is 5.97 Å². The molecule has 0 spiro atoms. The fourth-order valence-electron chi connectivity index (χ4n) is 1.26. The van der Waals surface area contributed by atoms with E-state index in [-0.39, 0.29) is 5.56 Å². The monoisotopic (exact) mass is 240 g/mol. The van der Waals surface area contributed by atoms with Crippen LogP contribution in [0.3, 0.4) is 0 Å². The van der Waals surface area contributed by atoms with Crippen molar-refractivity contribution in [3.05, 3.63) is 23.8 Å². The fourth-order valence-corrected chi connectivity index (χ4v) is 1.26. The number of carboxylic acid groups (broad SMARTS) is 1. The van der Waals surface area contributed by atoms with Crippen LogP contribution in [0.4, 0.5) is 0 Å². The first-order valence-electron chi connectivity index (χ1n) is 5.11. The minimum Gasteiger partial charge on any atom is -0.478 e. The van der Waals surface area contributed by atoms with Gasteiger partial charge in [-0.3, -0.25) is 11.5 Å². The van der Waals surface area contributed by atoms with Gasteiger partial charge in [0.1, 0.15) is 24.0 Å². The predicted molar refractivity (Wildman–Crippen MR) is 62.0 cm³/mol. The summed E-state index contributed by atoms with van der Waals surface area (Å²) in [4.78, 5) is 10.9. The lowest BCUT2D eigenvalue weighted by Crippen LogP contribution is -2.24. The number of hydrogen-bond donors (Lipinski definition) is 3. The lowest BCUT2D eigenvalue weighted by atomic mass is 10.2. The molecule has 1 aromatic carbocycles. The molecule has 2 unspecified atom stereocenters. The lowest BCUT2D eigenvalue weighted by molar-refractivity contribution is 0.0695. The number of aromatic carboxylic acids is 1. The maximum Gasteiger partial charge on any atom is 0.335 e. The van der Waals surface area contributed by atoms with Gasteiger partial charge in [0.15, 0.2) is 0 Å². The van der Waals surface area contributed by atoms with Crippen molar-refractivity contribution in [1.82, 2.24) is 0 Å². The molecule has 6 nitrogen and oxygen atoms in total. The molecule has 0 aromatic heterocycles. The molecule has 0 bridgehead atoms. The van der Waals surface area contributed by atoms with Gasteiger partial charge in [0.25, 0.3) is 0 Å². The van der Waals surface area contributed by atoms with E-state index in [9.17, 15) is 4.79 Å². The van der Waals surface area contributed by atoms with Crippen LogP contribution < -0.4 is 20.9 Å². The summed E-state index contributed by atoms with van der Waals surface area (Å²) in [5.41, 5.74) is 11.0. The van der Waals surface area contributed by atoms with Crippen LogP contribution in [0.2, 0.25) is 0 Å². The van der Waals surface area contributed by atoms with Gasteiger partial charge in [-0.15, -0.1) is 0 Å². The van der Waals surface area contributed by atoms with Gasteiger partial charge in [0.05, 0.1) is 5.56 Å². The third-order valence-electron chi connectivity index (χ3n) is 1.77. The van der Waals surface area contributed by atoms with Crippen molar-refractivity contribution in [2.24, 2.45) is 11.5 Å². The molecule has 1 rings (SSSR count). The lowest BCUT2D eigenvalue weighted by Gasteiger charge is -2.14. The Hall–Kier alpha value is -1.79. The Balaban J connectivity index is 3.04. The zero-order valence-corrected chi connectivity index (χ0v) is 9.71. The largest absolute Gasteiger partial charge is 0.478 e. The standard InChI is InChI=1S/C11H16N2O4/c1-6(12)16-9-3-8(11(14)15)4-10(5-9)17-7(2)13/h3-7H,12-13H2,1-2H3,(H,14,15). The molecule has 94 valence electrons.